The molecule has 3 nitrogen and oxygen atoms in total. The van der Waals surface area contributed by atoms with Crippen molar-refractivity contribution in [1.29, 1.82) is 0 Å². The van der Waals surface area contributed by atoms with Crippen molar-refractivity contribution < 1.29 is 14.3 Å². The predicted molar refractivity (Wildman–Crippen MR) is 72.6 cm³/mol. The second-order valence-corrected chi connectivity index (χ2v) is 5.72. The molecule has 0 heterocycles. The maximum atomic E-state index is 13.2. The first-order valence-electron chi connectivity index (χ1n) is 6.70. The Balaban J connectivity index is 2.23. The lowest BCUT2D eigenvalue weighted by Gasteiger charge is -2.40. The van der Waals surface area contributed by atoms with Gasteiger partial charge in [-0.25, -0.2) is 9.18 Å². The van der Waals surface area contributed by atoms with E-state index in [4.69, 9.17) is 0 Å². The first-order valence-corrected chi connectivity index (χ1v) is 6.70. The van der Waals surface area contributed by atoms with Crippen LogP contribution in [0.5, 0.6) is 0 Å². The van der Waals surface area contributed by atoms with E-state index in [0.29, 0.717) is 30.4 Å². The van der Waals surface area contributed by atoms with Crippen molar-refractivity contribution in [3.05, 3.63) is 30.1 Å². The monoisotopic (exact) mass is 265 g/mol. The van der Waals surface area contributed by atoms with Gasteiger partial charge >= 0.3 is 5.97 Å². The van der Waals surface area contributed by atoms with Crippen LogP contribution in [0.15, 0.2) is 24.3 Å². The molecule has 1 fully saturated rings. The molecular weight excluding hydrogens is 245 g/mol. The number of hydrogen-bond acceptors (Lipinski definition) is 2. The van der Waals surface area contributed by atoms with Gasteiger partial charge in [-0.3, -0.25) is 0 Å². The summed E-state index contributed by atoms with van der Waals surface area (Å²) in [6.45, 7) is 4.23. The van der Waals surface area contributed by atoms with Gasteiger partial charge in [-0.15, -0.1) is 0 Å². The zero-order chi connectivity index (χ0) is 14.0. The molecule has 0 amide bonds. The van der Waals surface area contributed by atoms with Crippen LogP contribution < -0.4 is 5.32 Å². The fourth-order valence-electron chi connectivity index (χ4n) is 2.82. The number of hydrogen-bond donors (Lipinski definition) is 2. The fourth-order valence-corrected chi connectivity index (χ4v) is 2.82. The minimum atomic E-state index is -0.972. The molecule has 2 rings (SSSR count). The van der Waals surface area contributed by atoms with Gasteiger partial charge < -0.3 is 10.4 Å². The number of carboxylic acid groups (broad SMARTS) is 1. The van der Waals surface area contributed by atoms with Crippen LogP contribution in [-0.4, -0.2) is 16.6 Å². The summed E-state index contributed by atoms with van der Waals surface area (Å²) in [6, 6.07) is 5.98. The van der Waals surface area contributed by atoms with Crippen LogP contribution in [0.25, 0.3) is 0 Å². The van der Waals surface area contributed by atoms with E-state index < -0.39 is 11.5 Å². The van der Waals surface area contributed by atoms with Crippen LogP contribution in [0.1, 0.15) is 33.1 Å². The second-order valence-electron chi connectivity index (χ2n) is 5.72. The molecule has 1 aliphatic rings. The van der Waals surface area contributed by atoms with Crippen LogP contribution in [0.3, 0.4) is 0 Å². The summed E-state index contributed by atoms with van der Waals surface area (Å²) in [5, 5.41) is 12.6. The Hall–Kier alpha value is -1.58. The predicted octanol–water partition coefficient (Wildman–Crippen LogP) is 3.52. The summed E-state index contributed by atoms with van der Waals surface area (Å²) in [5.41, 5.74) is -0.441. The standard InChI is InChI=1S/C15H20FNO2/c1-10-6-7-15(14(18)19,9-11(10)2)17-13-5-3-4-12(16)8-13/h3-5,8,10-11,17H,6-7,9H2,1-2H3,(H,18,19). The normalized spacial score (nSPS) is 30.9. The number of aliphatic carboxylic acids is 1. The van der Waals surface area contributed by atoms with Crippen molar-refractivity contribution in [2.24, 2.45) is 11.8 Å². The van der Waals surface area contributed by atoms with Crippen LogP contribution in [-0.2, 0) is 4.79 Å². The molecule has 3 unspecified atom stereocenters. The van der Waals surface area contributed by atoms with Crippen LogP contribution in [0, 0.1) is 17.7 Å². The summed E-state index contributed by atoms with van der Waals surface area (Å²) in [7, 11) is 0. The van der Waals surface area contributed by atoms with Crippen LogP contribution in [0.2, 0.25) is 0 Å². The van der Waals surface area contributed by atoms with Gasteiger partial charge in [0.25, 0.3) is 0 Å². The third kappa shape index (κ3) is 2.88. The molecule has 2 N–H and O–H groups in total. The topological polar surface area (TPSA) is 49.3 Å². The number of benzene rings is 1. The van der Waals surface area contributed by atoms with Crippen molar-refractivity contribution in [1.82, 2.24) is 0 Å². The largest absolute Gasteiger partial charge is 0.480 e. The minimum Gasteiger partial charge on any atom is -0.480 e. The summed E-state index contributed by atoms with van der Waals surface area (Å²) < 4.78 is 13.2. The van der Waals surface area contributed by atoms with Gasteiger partial charge in [0.2, 0.25) is 0 Å². The van der Waals surface area contributed by atoms with E-state index in [0.717, 1.165) is 6.42 Å². The van der Waals surface area contributed by atoms with Gasteiger partial charge in [0.1, 0.15) is 11.4 Å². The highest BCUT2D eigenvalue weighted by Crippen LogP contribution is 2.38. The number of rotatable bonds is 3. The Morgan fingerprint density at radius 1 is 1.42 bits per heavy atom. The van der Waals surface area contributed by atoms with Gasteiger partial charge in [-0.2, -0.15) is 0 Å². The Bertz CT molecular complexity index is 477. The fraction of sp³-hybridized carbons (Fsp3) is 0.533. The van der Waals surface area contributed by atoms with E-state index in [1.165, 1.54) is 12.1 Å². The maximum absolute atomic E-state index is 13.2. The smallest absolute Gasteiger partial charge is 0.329 e. The Morgan fingerprint density at radius 3 is 2.74 bits per heavy atom. The highest BCUT2D eigenvalue weighted by atomic mass is 19.1. The third-order valence-corrected chi connectivity index (χ3v) is 4.29. The highest BCUT2D eigenvalue weighted by molar-refractivity contribution is 5.83. The van der Waals surface area contributed by atoms with Crippen LogP contribution >= 0.6 is 0 Å². The Labute approximate surface area is 112 Å². The number of anilines is 1. The molecule has 4 heteroatoms. The van der Waals surface area contributed by atoms with E-state index in [9.17, 15) is 14.3 Å². The molecule has 0 aliphatic heterocycles. The molecule has 0 saturated heterocycles. The van der Waals surface area contributed by atoms with E-state index in [1.54, 1.807) is 12.1 Å². The van der Waals surface area contributed by atoms with Crippen molar-refractivity contribution in [3.63, 3.8) is 0 Å². The zero-order valence-corrected chi connectivity index (χ0v) is 11.3. The molecule has 1 aliphatic carbocycles. The highest BCUT2D eigenvalue weighted by Gasteiger charge is 2.44. The molecule has 0 spiro atoms. The zero-order valence-electron chi connectivity index (χ0n) is 11.3. The molecule has 3 atom stereocenters. The van der Waals surface area contributed by atoms with E-state index >= 15 is 0 Å². The van der Waals surface area contributed by atoms with E-state index in [2.05, 4.69) is 19.2 Å². The summed E-state index contributed by atoms with van der Waals surface area (Å²) >= 11 is 0. The molecule has 104 valence electrons. The lowest BCUT2D eigenvalue weighted by atomic mass is 9.71. The molecule has 0 aromatic heterocycles. The first kappa shape index (κ1) is 13.8. The lowest BCUT2D eigenvalue weighted by molar-refractivity contribution is -0.144. The Morgan fingerprint density at radius 2 is 2.16 bits per heavy atom. The first-order chi connectivity index (χ1) is 8.93. The number of nitrogens with one attached hydrogen (secondary N) is 1. The van der Waals surface area contributed by atoms with Gasteiger partial charge in [-0.1, -0.05) is 19.9 Å². The molecule has 1 aromatic carbocycles. The van der Waals surface area contributed by atoms with E-state index in [-0.39, 0.29) is 5.82 Å². The van der Waals surface area contributed by atoms with Gasteiger partial charge in [0.15, 0.2) is 0 Å². The Kier molecular flexibility index (Phi) is 3.78. The summed E-state index contributed by atoms with van der Waals surface area (Å²) in [5.74, 6) is -0.342. The number of carboxylic acids is 1. The quantitative estimate of drug-likeness (QED) is 0.879. The average Bonchev–Trinajstić information content (AvgIpc) is 2.34. The lowest BCUT2D eigenvalue weighted by Crippen LogP contribution is -2.51. The second kappa shape index (κ2) is 5.19. The molecule has 1 aromatic rings. The third-order valence-electron chi connectivity index (χ3n) is 4.29. The molecule has 0 bridgehead atoms. The molecule has 0 radical (unpaired) electrons. The maximum Gasteiger partial charge on any atom is 0.329 e. The average molecular weight is 265 g/mol. The van der Waals surface area contributed by atoms with Gasteiger partial charge in [-0.05, 0) is 49.3 Å². The summed E-state index contributed by atoms with van der Waals surface area (Å²) in [6.07, 6.45) is 2.01. The number of halogens is 1. The van der Waals surface area contributed by atoms with E-state index in [1.807, 2.05) is 0 Å². The van der Waals surface area contributed by atoms with Gasteiger partial charge in [0.05, 0.1) is 0 Å². The van der Waals surface area contributed by atoms with Crippen molar-refractivity contribution in [2.75, 3.05) is 5.32 Å². The van der Waals surface area contributed by atoms with Gasteiger partial charge in [0, 0.05) is 5.69 Å². The van der Waals surface area contributed by atoms with Crippen molar-refractivity contribution in [2.45, 2.75) is 38.6 Å². The molecule has 1 saturated carbocycles. The molecular formula is C15H20FNO2. The van der Waals surface area contributed by atoms with Crippen LogP contribution in [0.4, 0.5) is 10.1 Å². The summed E-state index contributed by atoms with van der Waals surface area (Å²) in [4.78, 5) is 11.7. The molecule has 19 heavy (non-hydrogen) atoms. The SMILES string of the molecule is CC1CCC(Nc2cccc(F)c2)(C(=O)O)CC1C. The van der Waals surface area contributed by atoms with Crippen molar-refractivity contribution >= 4 is 11.7 Å². The number of carbonyl (C=O) groups is 1. The van der Waals surface area contributed by atoms with Crippen molar-refractivity contribution in [3.8, 4) is 0 Å². The minimum absolute atomic E-state index is 0.339.